The van der Waals surface area contributed by atoms with Gasteiger partial charge in [-0.1, -0.05) is 50.9 Å². The Hall–Kier alpha value is -2.78. The lowest BCUT2D eigenvalue weighted by atomic mass is 9.78. The summed E-state index contributed by atoms with van der Waals surface area (Å²) in [6, 6.07) is 9.09. The van der Waals surface area contributed by atoms with Crippen LogP contribution in [0.4, 0.5) is 10.1 Å². The van der Waals surface area contributed by atoms with Crippen LogP contribution in [-0.2, 0) is 19.1 Å². The average molecular weight is 631 g/mol. The van der Waals surface area contributed by atoms with E-state index in [0.29, 0.717) is 16.6 Å². The lowest BCUT2D eigenvalue weighted by Crippen LogP contribution is -2.44. The van der Waals surface area contributed by atoms with Crippen molar-refractivity contribution >= 4 is 74.4 Å². The molecule has 0 bridgehead atoms. The molecule has 2 aromatic rings. The van der Waals surface area contributed by atoms with Crippen molar-refractivity contribution in [1.29, 1.82) is 5.26 Å². The number of nitrogens with one attached hydrogen (secondary N) is 2. The highest BCUT2D eigenvalue weighted by Crippen LogP contribution is 2.44. The first kappa shape index (κ1) is 28.8. The van der Waals surface area contributed by atoms with E-state index < -0.39 is 35.4 Å². The molecule has 0 saturated heterocycles. The van der Waals surface area contributed by atoms with Crippen LogP contribution in [0.5, 0.6) is 5.75 Å². The Bertz CT molecular complexity index is 1310. The molecular formula is C24H19BrCl2FN3O5S. The molecule has 13 heteroatoms. The highest BCUT2D eigenvalue weighted by atomic mass is 79.9. The number of hydrogen-bond acceptors (Lipinski definition) is 7. The number of ether oxygens (including phenoxy) is 2. The van der Waals surface area contributed by atoms with Crippen LogP contribution >= 0.6 is 50.9 Å². The lowest BCUT2D eigenvalue weighted by Gasteiger charge is -2.31. The van der Waals surface area contributed by atoms with Crippen molar-refractivity contribution in [3.05, 3.63) is 66.8 Å². The van der Waals surface area contributed by atoms with Gasteiger partial charge in [0.25, 0.3) is 0 Å². The summed E-state index contributed by atoms with van der Waals surface area (Å²) in [6.45, 7) is 2.05. The van der Waals surface area contributed by atoms with Gasteiger partial charge in [0.1, 0.15) is 11.7 Å². The van der Waals surface area contributed by atoms with Crippen molar-refractivity contribution < 1.29 is 28.2 Å². The van der Waals surface area contributed by atoms with E-state index in [1.54, 1.807) is 13.0 Å². The molecule has 0 aliphatic carbocycles. The first-order chi connectivity index (χ1) is 17.6. The van der Waals surface area contributed by atoms with Gasteiger partial charge < -0.3 is 20.1 Å². The largest absolute Gasteiger partial charge is 0.491 e. The van der Waals surface area contributed by atoms with Gasteiger partial charge >= 0.3 is 5.97 Å². The number of nitrogens with zero attached hydrogens (tertiary/aromatic N) is 1. The maximum absolute atomic E-state index is 14.1. The fourth-order valence-electron chi connectivity index (χ4n) is 3.64. The van der Waals surface area contributed by atoms with Crippen LogP contribution in [0, 0.1) is 23.1 Å². The number of amides is 2. The van der Waals surface area contributed by atoms with Gasteiger partial charge in [-0.15, -0.1) is 0 Å². The van der Waals surface area contributed by atoms with E-state index >= 15 is 0 Å². The predicted molar refractivity (Wildman–Crippen MR) is 142 cm³/mol. The van der Waals surface area contributed by atoms with E-state index in [1.165, 1.54) is 24.3 Å². The van der Waals surface area contributed by atoms with Crippen molar-refractivity contribution in [2.75, 3.05) is 24.8 Å². The summed E-state index contributed by atoms with van der Waals surface area (Å²) in [4.78, 5) is 38.0. The number of rotatable bonds is 8. The van der Waals surface area contributed by atoms with Crippen LogP contribution in [0.25, 0.3) is 0 Å². The maximum atomic E-state index is 14.1. The molecule has 1 aliphatic rings. The monoisotopic (exact) mass is 629 g/mol. The molecule has 2 amide bonds. The first-order valence-corrected chi connectivity index (χ1v) is 13.2. The number of carbonyl (C=O) groups is 3. The topological polar surface area (TPSA) is 118 Å². The quantitative estimate of drug-likeness (QED) is 0.296. The molecule has 194 valence electrons. The summed E-state index contributed by atoms with van der Waals surface area (Å²) in [7, 11) is 1.12. The smallest absolute Gasteiger partial charge is 0.319 e. The predicted octanol–water partition coefficient (Wildman–Crippen LogP) is 5.40. The second-order valence-corrected chi connectivity index (χ2v) is 10.2. The zero-order chi connectivity index (χ0) is 27.3. The normalized spacial score (nSPS) is 17.1. The molecule has 0 spiro atoms. The van der Waals surface area contributed by atoms with Gasteiger partial charge in [-0.05, 0) is 42.8 Å². The van der Waals surface area contributed by atoms with E-state index in [1.807, 2.05) is 6.07 Å². The zero-order valence-corrected chi connectivity index (χ0v) is 23.3. The SMILES string of the molecule is CCOc1c(Cl)cc([C@H]2C(C#N)=C(SCC(=O)Nc3ccc(Br)cc3F)NC(=O)[C@@H]2C(=O)OC)cc1Cl. The van der Waals surface area contributed by atoms with Crippen LogP contribution in [0.2, 0.25) is 10.0 Å². The number of anilines is 1. The van der Waals surface area contributed by atoms with E-state index in [0.717, 1.165) is 18.9 Å². The first-order valence-electron chi connectivity index (χ1n) is 10.6. The van der Waals surface area contributed by atoms with Crippen molar-refractivity contribution in [3.63, 3.8) is 0 Å². The number of nitriles is 1. The maximum Gasteiger partial charge on any atom is 0.319 e. The number of thioether (sulfide) groups is 1. The van der Waals surface area contributed by atoms with Crippen LogP contribution in [0.3, 0.4) is 0 Å². The minimum atomic E-state index is -1.42. The molecule has 0 radical (unpaired) electrons. The molecule has 2 atom stereocenters. The molecule has 0 fully saturated rings. The van der Waals surface area contributed by atoms with Crippen LogP contribution in [0.1, 0.15) is 18.4 Å². The number of halogens is 4. The summed E-state index contributed by atoms with van der Waals surface area (Å²) in [6.07, 6.45) is 0. The van der Waals surface area contributed by atoms with E-state index in [4.69, 9.17) is 32.7 Å². The van der Waals surface area contributed by atoms with Gasteiger partial charge in [0, 0.05) is 10.4 Å². The van der Waals surface area contributed by atoms with Crippen LogP contribution in [-0.4, -0.2) is 37.3 Å². The van der Waals surface area contributed by atoms with Gasteiger partial charge in [-0.2, -0.15) is 5.26 Å². The second-order valence-electron chi connectivity index (χ2n) is 7.53. The molecule has 2 aromatic carbocycles. The minimum absolute atomic E-state index is 0.00100. The highest BCUT2D eigenvalue weighted by molar-refractivity contribution is 9.10. The number of hydrogen-bond donors (Lipinski definition) is 2. The van der Waals surface area contributed by atoms with Gasteiger partial charge in [0.15, 0.2) is 5.75 Å². The third kappa shape index (κ3) is 6.57. The third-order valence-corrected chi connectivity index (χ3v) is 7.28. The van der Waals surface area contributed by atoms with Gasteiger partial charge in [-0.3, -0.25) is 14.4 Å². The van der Waals surface area contributed by atoms with Crippen LogP contribution in [0.15, 0.2) is 45.4 Å². The van der Waals surface area contributed by atoms with Gasteiger partial charge in [-0.25, -0.2) is 4.39 Å². The Morgan fingerprint density at radius 1 is 1.27 bits per heavy atom. The number of carbonyl (C=O) groups excluding carboxylic acids is 3. The Balaban J connectivity index is 1.97. The Labute approximate surface area is 234 Å². The van der Waals surface area contributed by atoms with Gasteiger partial charge in [0.05, 0.1) is 51.9 Å². The molecule has 1 heterocycles. The van der Waals surface area contributed by atoms with Crippen molar-refractivity contribution in [3.8, 4) is 11.8 Å². The summed E-state index contributed by atoms with van der Waals surface area (Å²) in [5, 5.41) is 15.3. The molecule has 0 saturated carbocycles. The number of benzene rings is 2. The third-order valence-electron chi connectivity index (χ3n) is 5.20. The summed E-state index contributed by atoms with van der Waals surface area (Å²) in [5.74, 6) is -5.39. The van der Waals surface area contributed by atoms with E-state index in [9.17, 15) is 24.0 Å². The van der Waals surface area contributed by atoms with E-state index in [2.05, 4.69) is 26.6 Å². The molecule has 37 heavy (non-hydrogen) atoms. The summed E-state index contributed by atoms with van der Waals surface area (Å²) in [5.41, 5.74) is 0.275. The Kier molecular flexibility index (Phi) is 9.84. The lowest BCUT2D eigenvalue weighted by molar-refractivity contribution is -0.150. The van der Waals surface area contributed by atoms with Crippen molar-refractivity contribution in [2.45, 2.75) is 12.8 Å². The second kappa shape index (κ2) is 12.6. The highest BCUT2D eigenvalue weighted by Gasteiger charge is 2.44. The molecule has 1 aliphatic heterocycles. The van der Waals surface area contributed by atoms with Crippen molar-refractivity contribution in [2.24, 2.45) is 5.92 Å². The van der Waals surface area contributed by atoms with Gasteiger partial charge in [0.2, 0.25) is 11.8 Å². The molecule has 0 aromatic heterocycles. The van der Waals surface area contributed by atoms with Crippen LogP contribution < -0.4 is 15.4 Å². The molecule has 3 rings (SSSR count). The fraction of sp³-hybridized carbons (Fsp3) is 0.250. The number of allylic oxidation sites excluding steroid dienone is 1. The Morgan fingerprint density at radius 2 is 1.95 bits per heavy atom. The number of methoxy groups -OCH3 is 1. The minimum Gasteiger partial charge on any atom is -0.491 e. The van der Waals surface area contributed by atoms with Crippen molar-refractivity contribution in [1.82, 2.24) is 5.32 Å². The van der Waals surface area contributed by atoms with E-state index in [-0.39, 0.29) is 37.8 Å². The standard InChI is InChI=1S/C24H19BrCl2FN3O5S/c1-3-36-21-14(26)6-11(7-15(21)27)19-13(9-29)23(31-22(33)20(19)24(34)35-2)37-10-18(32)30-17-5-4-12(25)8-16(17)28/h4-8,19-20H,3,10H2,1-2H3,(H,30,32)(H,31,33)/t19-,20+/m0/s1. The fourth-order valence-corrected chi connectivity index (χ4v) is 5.43. The molecule has 0 unspecified atom stereocenters. The molecule has 2 N–H and O–H groups in total. The average Bonchev–Trinajstić information content (AvgIpc) is 2.85. The summed E-state index contributed by atoms with van der Waals surface area (Å²) >= 11 is 16.7. The Morgan fingerprint density at radius 3 is 2.51 bits per heavy atom. The summed E-state index contributed by atoms with van der Waals surface area (Å²) < 4.78 is 24.8. The molecular weight excluding hydrogens is 612 g/mol. The zero-order valence-electron chi connectivity index (χ0n) is 19.4. The number of esters is 1. The molecule has 8 nitrogen and oxygen atoms in total.